The Morgan fingerprint density at radius 3 is 1.78 bits per heavy atom. The van der Waals surface area contributed by atoms with Crippen molar-refractivity contribution in [2.45, 2.75) is 39.7 Å². The zero-order valence-electron chi connectivity index (χ0n) is 37.0. The maximum Gasteiger partial charge on any atom is 0.320 e. The number of carbonyl (C=O) groups is 1. The van der Waals surface area contributed by atoms with E-state index in [1.807, 2.05) is 92.5 Å². The van der Waals surface area contributed by atoms with Crippen LogP contribution in [-0.4, -0.2) is 126 Å². The van der Waals surface area contributed by atoms with Gasteiger partial charge in [-0.25, -0.2) is 9.36 Å². The van der Waals surface area contributed by atoms with Crippen LogP contribution < -0.4 is 19.3 Å². The molecule has 65 heavy (non-hydrogen) atoms. The molecular weight excluding hydrogens is 829 g/mol. The van der Waals surface area contributed by atoms with Crippen LogP contribution in [0.2, 0.25) is 0 Å². The van der Waals surface area contributed by atoms with Crippen LogP contribution in [0.25, 0.3) is 34.2 Å². The van der Waals surface area contributed by atoms with Gasteiger partial charge in [0, 0.05) is 87.9 Å². The van der Waals surface area contributed by atoms with Crippen molar-refractivity contribution in [3.05, 3.63) is 114 Å². The van der Waals surface area contributed by atoms with Crippen molar-refractivity contribution in [3.8, 4) is 46.2 Å². The first-order chi connectivity index (χ1) is 31.8. The molecule has 9 rings (SSSR count). The summed E-state index contributed by atoms with van der Waals surface area (Å²) in [5, 5.41) is 23.1. The summed E-state index contributed by atoms with van der Waals surface area (Å²) in [5.41, 5.74) is 6.77. The first kappa shape index (κ1) is 44.6. The molecule has 0 unspecified atom stereocenters. The molecule has 2 fully saturated rings. The first-order valence-electron chi connectivity index (χ1n) is 21.8. The van der Waals surface area contributed by atoms with E-state index >= 15 is 0 Å². The largest absolute Gasteiger partial charge is 0.463 e. The number of rotatable bonds is 16. The maximum atomic E-state index is 11.2. The predicted molar refractivity (Wildman–Crippen MR) is 244 cm³/mol. The van der Waals surface area contributed by atoms with Crippen molar-refractivity contribution in [3.63, 3.8) is 0 Å². The Labute approximate surface area is 377 Å². The fourth-order valence-corrected chi connectivity index (χ4v) is 7.26. The van der Waals surface area contributed by atoms with E-state index in [0.29, 0.717) is 76.5 Å². The van der Waals surface area contributed by atoms with Crippen LogP contribution in [-0.2, 0) is 34.3 Å². The molecule has 18 nitrogen and oxygen atoms in total. The standard InChI is InChI=1S/C24H27N7O3.C23H27N5O3/c1-29-16-19(15-25-29)6-10-34-24-26-22(30-8-11-33-12-9-30)14-23(27-24)31-7-5-21(28-31)20-4-2-3-18(13-20)17-32;1-17-5-3-7-19(15-17)20-8-9-28(26-20)22-16-21(27-10-13-30-14-11-27)24-23(25-22)31-12-4-6-18(2)29/h2-5,7,13-16,32H,6,8-12,17H2,1H3;3,5,7-9,15-16H,4,6,10-14H2,1-2H3. The highest BCUT2D eigenvalue weighted by molar-refractivity contribution is 5.75. The zero-order valence-corrected chi connectivity index (χ0v) is 37.0. The van der Waals surface area contributed by atoms with Crippen molar-refractivity contribution in [2.24, 2.45) is 7.05 Å². The molecule has 0 radical (unpaired) electrons. The van der Waals surface area contributed by atoms with Gasteiger partial charge < -0.3 is 38.6 Å². The molecule has 5 aromatic heterocycles. The topological polar surface area (TPSA) is 186 Å². The van der Waals surface area contributed by atoms with Crippen LogP contribution in [0.5, 0.6) is 12.0 Å². The molecule has 1 N–H and O–H groups in total. The smallest absolute Gasteiger partial charge is 0.320 e. The summed E-state index contributed by atoms with van der Waals surface area (Å²) < 4.78 is 27.9. The number of morpholine rings is 2. The van der Waals surface area contributed by atoms with E-state index in [9.17, 15) is 9.90 Å². The van der Waals surface area contributed by atoms with Gasteiger partial charge in [0.25, 0.3) is 0 Å². The fourth-order valence-electron chi connectivity index (χ4n) is 7.26. The Bertz CT molecular complexity index is 2650. The minimum absolute atomic E-state index is 0.0108. The number of aliphatic hydroxyl groups is 1. The molecule has 0 saturated carbocycles. The number of aromatic nitrogens is 10. The molecule has 338 valence electrons. The molecule has 0 spiro atoms. The average molecular weight is 883 g/mol. The summed E-state index contributed by atoms with van der Waals surface area (Å²) in [6, 6.07) is 24.3. The third kappa shape index (κ3) is 12.2. The van der Waals surface area contributed by atoms with E-state index in [4.69, 9.17) is 29.1 Å². The Morgan fingerprint density at radius 2 is 1.25 bits per heavy atom. The van der Waals surface area contributed by atoms with Crippen molar-refractivity contribution in [2.75, 3.05) is 75.6 Å². The van der Waals surface area contributed by atoms with Crippen molar-refractivity contribution < 1.29 is 28.8 Å². The number of benzene rings is 2. The van der Waals surface area contributed by atoms with Crippen LogP contribution in [0, 0.1) is 6.92 Å². The molecule has 2 aliphatic heterocycles. The molecule has 7 heterocycles. The van der Waals surface area contributed by atoms with Gasteiger partial charge in [-0.1, -0.05) is 42.0 Å². The van der Waals surface area contributed by atoms with E-state index in [1.165, 1.54) is 5.56 Å². The van der Waals surface area contributed by atoms with Gasteiger partial charge in [0.1, 0.15) is 17.4 Å². The third-order valence-electron chi connectivity index (χ3n) is 10.7. The predicted octanol–water partition coefficient (Wildman–Crippen LogP) is 5.24. The number of anilines is 2. The van der Waals surface area contributed by atoms with Gasteiger partial charge >= 0.3 is 12.0 Å². The normalized spacial score (nSPS) is 13.9. The molecule has 2 aromatic carbocycles. The van der Waals surface area contributed by atoms with Gasteiger partial charge in [-0.15, -0.1) is 0 Å². The lowest BCUT2D eigenvalue weighted by molar-refractivity contribution is -0.117. The summed E-state index contributed by atoms with van der Waals surface area (Å²) in [7, 11) is 1.89. The fraction of sp³-hybridized carbons (Fsp3) is 0.362. The minimum atomic E-state index is -0.0108. The van der Waals surface area contributed by atoms with Gasteiger partial charge in [-0.05, 0) is 55.7 Å². The SMILES string of the molecule is CC(=O)CCCOc1nc(N2CCOCC2)cc(-n2ccc(-c3cccc(C)c3)n2)n1.Cn1cc(CCOc2nc(N3CCOCC3)cc(-n3ccc(-c4cccc(CO)c4)n3)n2)cn1. The van der Waals surface area contributed by atoms with Gasteiger partial charge in [-0.2, -0.15) is 35.2 Å². The van der Waals surface area contributed by atoms with E-state index in [2.05, 4.69) is 53.9 Å². The van der Waals surface area contributed by atoms with E-state index < -0.39 is 0 Å². The quantitative estimate of drug-likeness (QED) is 0.124. The molecule has 0 amide bonds. The molecule has 0 aliphatic carbocycles. The van der Waals surface area contributed by atoms with Crippen LogP contribution in [0.15, 0.2) is 97.6 Å². The molecule has 2 saturated heterocycles. The molecular formula is C47H54N12O6. The molecule has 2 aliphatic rings. The van der Waals surface area contributed by atoms with E-state index in [1.54, 1.807) is 21.0 Å². The Morgan fingerprint density at radius 1 is 0.692 bits per heavy atom. The van der Waals surface area contributed by atoms with Gasteiger partial charge in [0.2, 0.25) is 0 Å². The number of nitrogens with zero attached hydrogens (tertiary/aromatic N) is 12. The van der Waals surface area contributed by atoms with Gasteiger partial charge in [0.05, 0.1) is 63.8 Å². The lowest BCUT2D eigenvalue weighted by atomic mass is 10.1. The minimum Gasteiger partial charge on any atom is -0.463 e. The highest BCUT2D eigenvalue weighted by atomic mass is 16.5. The number of hydrogen-bond donors (Lipinski definition) is 1. The summed E-state index contributed by atoms with van der Waals surface area (Å²) >= 11 is 0. The summed E-state index contributed by atoms with van der Waals surface area (Å²) in [6.07, 6.45) is 9.38. The van der Waals surface area contributed by atoms with Crippen LogP contribution in [0.3, 0.4) is 0 Å². The van der Waals surface area contributed by atoms with E-state index in [-0.39, 0.29) is 18.4 Å². The second-order valence-electron chi connectivity index (χ2n) is 15.7. The van der Waals surface area contributed by atoms with Crippen molar-refractivity contribution in [1.82, 2.24) is 49.3 Å². The number of Topliss-reactive ketones (excluding diaryl/α,β-unsaturated/α-hetero) is 1. The molecule has 0 bridgehead atoms. The number of carbonyl (C=O) groups excluding carboxylic acids is 1. The maximum absolute atomic E-state index is 11.2. The molecule has 0 atom stereocenters. The molecule has 18 heteroatoms. The Balaban J connectivity index is 0.000000178. The summed E-state index contributed by atoms with van der Waals surface area (Å²) in [6.45, 7) is 10.1. The third-order valence-corrected chi connectivity index (χ3v) is 10.7. The highest BCUT2D eigenvalue weighted by Crippen LogP contribution is 2.25. The summed E-state index contributed by atoms with van der Waals surface area (Å²) in [4.78, 5) is 33.9. The highest BCUT2D eigenvalue weighted by Gasteiger charge is 2.19. The van der Waals surface area contributed by atoms with Crippen molar-refractivity contribution in [1.29, 1.82) is 0 Å². The lowest BCUT2D eigenvalue weighted by Crippen LogP contribution is -2.37. The number of ketones is 1. The van der Waals surface area contributed by atoms with Gasteiger partial charge in [0.15, 0.2) is 11.6 Å². The monoisotopic (exact) mass is 882 g/mol. The lowest BCUT2D eigenvalue weighted by Gasteiger charge is -2.28. The van der Waals surface area contributed by atoms with E-state index in [0.717, 1.165) is 71.5 Å². The van der Waals surface area contributed by atoms with Crippen LogP contribution in [0.1, 0.15) is 36.5 Å². The van der Waals surface area contributed by atoms with Crippen LogP contribution >= 0.6 is 0 Å². The van der Waals surface area contributed by atoms with Crippen LogP contribution in [0.4, 0.5) is 11.6 Å². The number of aliphatic hydroxyl groups excluding tert-OH is 1. The summed E-state index contributed by atoms with van der Waals surface area (Å²) in [5.74, 6) is 2.97. The van der Waals surface area contributed by atoms with Crippen molar-refractivity contribution >= 4 is 17.4 Å². The Kier molecular flexibility index (Phi) is 14.8. The first-order valence-corrected chi connectivity index (χ1v) is 21.8. The number of aryl methyl sites for hydroxylation is 2. The number of ether oxygens (including phenoxy) is 4. The van der Waals surface area contributed by atoms with Gasteiger partial charge in [-0.3, -0.25) is 4.68 Å². The average Bonchev–Trinajstić information content (AvgIpc) is 4.14. The molecule has 7 aromatic rings. The Hall–Kier alpha value is -7.02. The second-order valence-corrected chi connectivity index (χ2v) is 15.7. The second kappa shape index (κ2) is 21.6. The zero-order chi connectivity index (χ0) is 45.0. The number of hydrogen-bond acceptors (Lipinski definition) is 15.